The average molecular weight is 282 g/mol. The van der Waals surface area contributed by atoms with Crippen molar-refractivity contribution in [3.05, 3.63) is 58.3 Å². The topological polar surface area (TPSA) is 99.1 Å². The van der Waals surface area contributed by atoms with E-state index >= 15 is 0 Å². The van der Waals surface area contributed by atoms with Crippen molar-refractivity contribution in [2.45, 2.75) is 6.92 Å². The Labute approximate surface area is 118 Å². The lowest BCUT2D eigenvalue weighted by molar-refractivity contribution is -0.384. The highest BCUT2D eigenvalue weighted by Crippen LogP contribution is 2.13. The normalized spacial score (nSPS) is 11.3. The number of hydrogen-bond donors (Lipinski definition) is 0. The van der Waals surface area contributed by atoms with Crippen molar-refractivity contribution in [3.63, 3.8) is 0 Å². The summed E-state index contributed by atoms with van der Waals surface area (Å²) in [5, 5.41) is 14.8. The van der Waals surface area contributed by atoms with Gasteiger partial charge in [-0.1, -0.05) is 0 Å². The van der Waals surface area contributed by atoms with Crippen LogP contribution in [0.25, 0.3) is 11.2 Å². The number of hydrogen-bond acceptors (Lipinski definition) is 6. The van der Waals surface area contributed by atoms with Crippen LogP contribution < -0.4 is 0 Å². The van der Waals surface area contributed by atoms with Gasteiger partial charge < -0.3 is 0 Å². The van der Waals surface area contributed by atoms with Crippen LogP contribution in [0.15, 0.2) is 42.0 Å². The fourth-order valence-corrected chi connectivity index (χ4v) is 1.84. The van der Waals surface area contributed by atoms with Crippen molar-refractivity contribution >= 4 is 23.1 Å². The summed E-state index contributed by atoms with van der Waals surface area (Å²) < 4.78 is 1.53. The predicted molar refractivity (Wildman–Crippen MR) is 76.1 cm³/mol. The number of nitrogens with zero attached hydrogens (tertiary/aromatic N) is 6. The molecule has 0 aliphatic rings. The minimum atomic E-state index is -0.440. The molecule has 0 atom stereocenters. The van der Waals surface area contributed by atoms with Crippen molar-refractivity contribution in [3.8, 4) is 0 Å². The van der Waals surface area contributed by atoms with E-state index in [9.17, 15) is 10.1 Å². The van der Waals surface area contributed by atoms with Crippen molar-refractivity contribution < 1.29 is 4.92 Å². The Morgan fingerprint density at radius 3 is 2.71 bits per heavy atom. The monoisotopic (exact) mass is 282 g/mol. The third kappa shape index (κ3) is 2.46. The summed E-state index contributed by atoms with van der Waals surface area (Å²) in [4.78, 5) is 22.5. The van der Waals surface area contributed by atoms with Gasteiger partial charge in [0.2, 0.25) is 0 Å². The van der Waals surface area contributed by atoms with Crippen molar-refractivity contribution in [1.82, 2.24) is 19.6 Å². The quantitative estimate of drug-likeness (QED) is 0.415. The SMILES string of the molecule is Cc1ncnc2c1ncn2/N=C\c1ccc([N+](=O)[O-])cc1. The minimum absolute atomic E-state index is 0.0450. The van der Waals surface area contributed by atoms with Crippen LogP contribution in [0.4, 0.5) is 5.69 Å². The molecule has 0 radical (unpaired) electrons. The lowest BCUT2D eigenvalue weighted by Crippen LogP contribution is -1.93. The molecule has 0 saturated carbocycles. The zero-order valence-electron chi connectivity index (χ0n) is 11.0. The van der Waals surface area contributed by atoms with E-state index in [-0.39, 0.29) is 5.69 Å². The molecule has 2 heterocycles. The van der Waals surface area contributed by atoms with E-state index in [1.807, 2.05) is 6.92 Å². The van der Waals surface area contributed by atoms with Gasteiger partial charge in [-0.15, -0.1) is 0 Å². The molecule has 8 nitrogen and oxygen atoms in total. The van der Waals surface area contributed by atoms with E-state index in [1.165, 1.54) is 23.1 Å². The zero-order valence-corrected chi connectivity index (χ0v) is 11.0. The van der Waals surface area contributed by atoms with Gasteiger partial charge in [0.1, 0.15) is 18.2 Å². The van der Waals surface area contributed by atoms with Gasteiger partial charge in [0.05, 0.1) is 16.8 Å². The maximum absolute atomic E-state index is 10.6. The molecule has 0 aliphatic heterocycles. The number of nitro benzene ring substituents is 1. The molecule has 2 aromatic heterocycles. The third-order valence-corrected chi connectivity index (χ3v) is 2.93. The van der Waals surface area contributed by atoms with Crippen LogP contribution in [0, 0.1) is 17.0 Å². The van der Waals surface area contributed by atoms with Crippen LogP contribution in [-0.2, 0) is 0 Å². The summed E-state index contributed by atoms with van der Waals surface area (Å²) >= 11 is 0. The second kappa shape index (κ2) is 5.08. The number of non-ortho nitro benzene ring substituents is 1. The number of aryl methyl sites for hydroxylation is 1. The molecule has 104 valence electrons. The standard InChI is InChI=1S/C13H10N6O2/c1-9-12-13(15-7-14-9)18(8-16-12)17-6-10-2-4-11(5-3-10)19(20)21/h2-8H,1H3/b17-6-. The summed E-state index contributed by atoms with van der Waals surface area (Å²) in [6, 6.07) is 6.11. The molecule has 8 heteroatoms. The van der Waals surface area contributed by atoms with E-state index in [1.54, 1.807) is 24.7 Å². The Bertz CT molecular complexity index is 837. The predicted octanol–water partition coefficient (Wildman–Crippen LogP) is 1.93. The minimum Gasteiger partial charge on any atom is -0.258 e. The Kier molecular flexibility index (Phi) is 3.11. The van der Waals surface area contributed by atoms with Crippen LogP contribution in [0.1, 0.15) is 11.3 Å². The van der Waals surface area contributed by atoms with Gasteiger partial charge in [0, 0.05) is 12.1 Å². The molecular formula is C13H10N6O2. The van der Waals surface area contributed by atoms with Crippen LogP contribution in [0.5, 0.6) is 0 Å². The molecule has 0 aliphatic carbocycles. The lowest BCUT2D eigenvalue weighted by atomic mass is 10.2. The lowest BCUT2D eigenvalue weighted by Gasteiger charge is -1.96. The summed E-state index contributed by atoms with van der Waals surface area (Å²) in [5.74, 6) is 0. The summed E-state index contributed by atoms with van der Waals surface area (Å²) in [6.45, 7) is 1.85. The van der Waals surface area contributed by atoms with E-state index in [0.29, 0.717) is 11.2 Å². The first kappa shape index (κ1) is 12.9. The molecule has 0 saturated heterocycles. The van der Waals surface area contributed by atoms with Gasteiger partial charge in [0.15, 0.2) is 5.65 Å². The molecule has 3 rings (SSSR count). The van der Waals surface area contributed by atoms with E-state index in [0.717, 1.165) is 11.3 Å². The second-order valence-corrected chi connectivity index (χ2v) is 4.31. The van der Waals surface area contributed by atoms with Gasteiger partial charge in [-0.25, -0.2) is 19.6 Å². The highest BCUT2D eigenvalue weighted by atomic mass is 16.6. The highest BCUT2D eigenvalue weighted by molar-refractivity contribution is 5.81. The average Bonchev–Trinajstić information content (AvgIpc) is 2.90. The van der Waals surface area contributed by atoms with Crippen molar-refractivity contribution in [2.24, 2.45) is 5.10 Å². The molecule has 3 aromatic rings. The van der Waals surface area contributed by atoms with Gasteiger partial charge in [-0.3, -0.25) is 10.1 Å². The number of imidazole rings is 1. The summed E-state index contributed by atoms with van der Waals surface area (Å²) in [5.41, 5.74) is 2.88. The number of aromatic nitrogens is 4. The van der Waals surface area contributed by atoms with Crippen LogP contribution in [-0.4, -0.2) is 30.8 Å². The van der Waals surface area contributed by atoms with Gasteiger partial charge in [-0.05, 0) is 24.6 Å². The molecule has 21 heavy (non-hydrogen) atoms. The molecular weight excluding hydrogens is 272 g/mol. The molecule has 0 N–H and O–H groups in total. The highest BCUT2D eigenvalue weighted by Gasteiger charge is 2.06. The molecule has 0 fully saturated rings. The second-order valence-electron chi connectivity index (χ2n) is 4.31. The van der Waals surface area contributed by atoms with Gasteiger partial charge >= 0.3 is 0 Å². The number of fused-ring (bicyclic) bond motifs is 1. The molecule has 0 amide bonds. The molecule has 0 spiro atoms. The Balaban J connectivity index is 1.91. The number of nitro groups is 1. The molecule has 0 unspecified atom stereocenters. The fraction of sp³-hybridized carbons (Fsp3) is 0.0769. The van der Waals surface area contributed by atoms with Crippen molar-refractivity contribution in [1.29, 1.82) is 0 Å². The summed E-state index contributed by atoms with van der Waals surface area (Å²) in [6.07, 6.45) is 4.59. The number of rotatable bonds is 3. The first-order valence-corrected chi connectivity index (χ1v) is 6.08. The number of benzene rings is 1. The van der Waals surface area contributed by atoms with E-state index < -0.39 is 4.92 Å². The first-order valence-electron chi connectivity index (χ1n) is 6.08. The fourth-order valence-electron chi connectivity index (χ4n) is 1.84. The maximum atomic E-state index is 10.6. The van der Waals surface area contributed by atoms with Crippen LogP contribution in [0.3, 0.4) is 0 Å². The van der Waals surface area contributed by atoms with Crippen LogP contribution >= 0.6 is 0 Å². The van der Waals surface area contributed by atoms with Crippen LogP contribution in [0.2, 0.25) is 0 Å². The Morgan fingerprint density at radius 1 is 1.24 bits per heavy atom. The molecule has 0 bridgehead atoms. The zero-order chi connectivity index (χ0) is 14.8. The Morgan fingerprint density at radius 2 is 2.00 bits per heavy atom. The van der Waals surface area contributed by atoms with Gasteiger partial charge in [-0.2, -0.15) is 5.10 Å². The van der Waals surface area contributed by atoms with E-state index in [2.05, 4.69) is 20.1 Å². The summed E-state index contributed by atoms with van der Waals surface area (Å²) in [7, 11) is 0. The van der Waals surface area contributed by atoms with Gasteiger partial charge in [0.25, 0.3) is 5.69 Å². The smallest absolute Gasteiger partial charge is 0.258 e. The third-order valence-electron chi connectivity index (χ3n) is 2.93. The first-order chi connectivity index (χ1) is 10.1. The molecule has 1 aromatic carbocycles. The maximum Gasteiger partial charge on any atom is 0.269 e. The van der Waals surface area contributed by atoms with Crippen molar-refractivity contribution in [2.75, 3.05) is 0 Å². The largest absolute Gasteiger partial charge is 0.269 e. The Hall–Kier alpha value is -3.16. The van der Waals surface area contributed by atoms with E-state index in [4.69, 9.17) is 0 Å².